The van der Waals surface area contributed by atoms with Gasteiger partial charge in [0.1, 0.15) is 0 Å². The second-order valence-electron chi connectivity index (χ2n) is 12.8. The summed E-state index contributed by atoms with van der Waals surface area (Å²) in [5, 5.41) is 6.16. The molecule has 3 fully saturated rings. The molecule has 0 radical (unpaired) electrons. The number of nitrogens with one attached hydrogen (secondary N) is 2. The Morgan fingerprint density at radius 2 is 1.69 bits per heavy atom. The zero-order chi connectivity index (χ0) is 31.3. The zero-order valence-electron chi connectivity index (χ0n) is 26.6. The molecule has 1 atom stereocenters. The second kappa shape index (κ2) is 14.0. The van der Waals surface area contributed by atoms with Crippen molar-refractivity contribution in [1.29, 1.82) is 0 Å². The Morgan fingerprint density at radius 1 is 0.978 bits per heavy atom. The van der Waals surface area contributed by atoms with Crippen LogP contribution in [-0.4, -0.2) is 87.6 Å². The van der Waals surface area contributed by atoms with Gasteiger partial charge in [-0.05, 0) is 76.3 Å². The van der Waals surface area contributed by atoms with E-state index in [1.165, 1.54) is 5.56 Å². The molecule has 3 aliphatic rings. The summed E-state index contributed by atoms with van der Waals surface area (Å²) in [5.41, 5.74) is 4.70. The number of hydrogen-bond acceptors (Lipinski definition) is 7. The summed E-state index contributed by atoms with van der Waals surface area (Å²) >= 11 is 0. The van der Waals surface area contributed by atoms with Crippen molar-refractivity contribution >= 4 is 23.6 Å². The first-order chi connectivity index (χ1) is 21.9. The standard InChI is InChI=1S/C35H45N7O3/c1-24(2)37-33(43)27-9-11-29(12-10-27)39-34-36-21-28(25(3)38-34)22-40-17-13-31(14-18-40)42-32(26-7-5-4-6-8-26)23-41(35(42)44)30-15-19-45-20-16-30/h4-12,21,24,30-32H,13-20,22-23H2,1-3H3,(H,37,43)(H,36,38,39). The Kier molecular flexibility index (Phi) is 9.61. The first kappa shape index (κ1) is 31.0. The molecule has 2 N–H and O–H groups in total. The van der Waals surface area contributed by atoms with Crippen molar-refractivity contribution in [3.8, 4) is 0 Å². The number of carbonyl (C=O) groups excluding carboxylic acids is 2. The average molecular weight is 612 g/mol. The van der Waals surface area contributed by atoms with Gasteiger partial charge in [0.15, 0.2) is 0 Å². The number of likely N-dealkylation sites (tertiary alicyclic amines) is 1. The van der Waals surface area contributed by atoms with Crippen LogP contribution < -0.4 is 10.6 Å². The average Bonchev–Trinajstić information content (AvgIpc) is 3.40. The third-order valence-corrected chi connectivity index (χ3v) is 9.24. The van der Waals surface area contributed by atoms with Crippen LogP contribution >= 0.6 is 0 Å². The van der Waals surface area contributed by atoms with E-state index < -0.39 is 0 Å². The van der Waals surface area contributed by atoms with Gasteiger partial charge >= 0.3 is 6.03 Å². The van der Waals surface area contributed by atoms with E-state index in [0.29, 0.717) is 11.5 Å². The van der Waals surface area contributed by atoms with Crippen LogP contribution in [0, 0.1) is 6.92 Å². The molecule has 0 saturated carbocycles. The lowest BCUT2D eigenvalue weighted by molar-refractivity contribution is 0.0493. The molecule has 1 unspecified atom stereocenters. The fourth-order valence-electron chi connectivity index (χ4n) is 6.77. The Hall–Kier alpha value is -4.02. The van der Waals surface area contributed by atoms with Gasteiger partial charge in [0.25, 0.3) is 5.91 Å². The van der Waals surface area contributed by atoms with E-state index in [4.69, 9.17) is 9.72 Å². The van der Waals surface area contributed by atoms with Crippen molar-refractivity contribution in [1.82, 2.24) is 30.0 Å². The minimum atomic E-state index is -0.0861. The summed E-state index contributed by atoms with van der Waals surface area (Å²) in [6.45, 7) is 10.7. The number of aromatic nitrogens is 2. The molecule has 238 valence electrons. The first-order valence-corrected chi connectivity index (χ1v) is 16.3. The Balaban J connectivity index is 1.06. The third-order valence-electron chi connectivity index (χ3n) is 9.24. The predicted octanol–water partition coefficient (Wildman–Crippen LogP) is 5.29. The number of urea groups is 1. The van der Waals surface area contributed by atoms with Gasteiger partial charge in [0, 0.05) is 86.2 Å². The molecule has 4 heterocycles. The van der Waals surface area contributed by atoms with Gasteiger partial charge in [-0.25, -0.2) is 14.8 Å². The van der Waals surface area contributed by atoms with E-state index in [1.54, 1.807) is 12.1 Å². The molecule has 10 heteroatoms. The van der Waals surface area contributed by atoms with Gasteiger partial charge in [0.2, 0.25) is 5.95 Å². The number of rotatable bonds is 9. The maximum Gasteiger partial charge on any atom is 0.321 e. The van der Waals surface area contributed by atoms with Gasteiger partial charge in [-0.1, -0.05) is 30.3 Å². The number of carbonyl (C=O) groups is 2. The summed E-state index contributed by atoms with van der Waals surface area (Å²) in [5.74, 6) is 0.444. The van der Waals surface area contributed by atoms with Crippen molar-refractivity contribution in [3.63, 3.8) is 0 Å². The van der Waals surface area contributed by atoms with Crippen LogP contribution in [-0.2, 0) is 11.3 Å². The van der Waals surface area contributed by atoms with Gasteiger partial charge in [0.05, 0.1) is 6.04 Å². The van der Waals surface area contributed by atoms with Crippen LogP contribution in [0.1, 0.15) is 72.8 Å². The van der Waals surface area contributed by atoms with E-state index in [-0.39, 0.29) is 36.1 Å². The molecule has 3 aliphatic heterocycles. The van der Waals surface area contributed by atoms with Crippen LogP contribution in [0.3, 0.4) is 0 Å². The number of hydrogen-bond donors (Lipinski definition) is 2. The predicted molar refractivity (Wildman–Crippen MR) is 174 cm³/mol. The second-order valence-corrected chi connectivity index (χ2v) is 12.8. The maximum absolute atomic E-state index is 13.9. The Labute approximate surface area is 266 Å². The molecular weight excluding hydrogens is 566 g/mol. The SMILES string of the molecule is Cc1nc(Nc2ccc(C(=O)NC(C)C)cc2)ncc1CN1CCC(N2C(=O)N(C3CCOCC3)CC2c2ccccc2)CC1. The van der Waals surface area contributed by atoms with Crippen molar-refractivity contribution in [2.45, 2.75) is 77.2 Å². The topological polar surface area (TPSA) is 103 Å². The normalized spacial score (nSPS) is 20.2. The van der Waals surface area contributed by atoms with Gasteiger partial charge in [-0.2, -0.15) is 0 Å². The van der Waals surface area contributed by atoms with Crippen LogP contribution in [0.5, 0.6) is 0 Å². The fourth-order valence-corrected chi connectivity index (χ4v) is 6.77. The molecule has 1 aromatic heterocycles. The van der Waals surface area contributed by atoms with E-state index >= 15 is 0 Å². The highest BCUT2D eigenvalue weighted by atomic mass is 16.5. The molecule has 3 amide bonds. The smallest absolute Gasteiger partial charge is 0.321 e. The molecular formula is C35H45N7O3. The van der Waals surface area contributed by atoms with Crippen LogP contribution in [0.15, 0.2) is 60.8 Å². The van der Waals surface area contributed by atoms with Crippen LogP contribution in [0.25, 0.3) is 0 Å². The maximum atomic E-state index is 13.9. The Bertz CT molecular complexity index is 1450. The summed E-state index contributed by atoms with van der Waals surface area (Å²) in [4.78, 5) is 42.2. The number of benzene rings is 2. The first-order valence-electron chi connectivity index (χ1n) is 16.3. The molecule has 6 rings (SSSR count). The minimum absolute atomic E-state index is 0.0854. The van der Waals surface area contributed by atoms with Gasteiger partial charge in [-0.3, -0.25) is 9.69 Å². The molecule has 0 bridgehead atoms. The molecule has 10 nitrogen and oxygen atoms in total. The van der Waals surface area contributed by atoms with Gasteiger partial charge in [-0.15, -0.1) is 0 Å². The number of piperidine rings is 1. The summed E-state index contributed by atoms with van der Waals surface area (Å²) in [6.07, 6.45) is 5.63. The summed E-state index contributed by atoms with van der Waals surface area (Å²) in [7, 11) is 0. The van der Waals surface area contributed by atoms with Crippen molar-refractivity contribution < 1.29 is 14.3 Å². The molecule has 0 aliphatic carbocycles. The van der Waals surface area contributed by atoms with Crippen molar-refractivity contribution in [2.24, 2.45) is 0 Å². The number of nitrogens with zero attached hydrogens (tertiary/aromatic N) is 5. The highest BCUT2D eigenvalue weighted by Gasteiger charge is 2.45. The summed E-state index contributed by atoms with van der Waals surface area (Å²) < 4.78 is 5.59. The van der Waals surface area contributed by atoms with Crippen LogP contribution in [0.4, 0.5) is 16.4 Å². The van der Waals surface area contributed by atoms with E-state index in [1.807, 2.05) is 45.2 Å². The number of ether oxygens (including phenoxy) is 1. The van der Waals surface area contributed by atoms with E-state index in [2.05, 4.69) is 54.6 Å². The third kappa shape index (κ3) is 7.28. The fraction of sp³-hybridized carbons (Fsp3) is 0.486. The molecule has 3 saturated heterocycles. The largest absolute Gasteiger partial charge is 0.381 e. The number of amides is 3. The highest BCUT2D eigenvalue weighted by molar-refractivity contribution is 5.94. The van der Waals surface area contributed by atoms with Crippen LogP contribution in [0.2, 0.25) is 0 Å². The summed E-state index contributed by atoms with van der Waals surface area (Å²) in [6, 6.07) is 18.7. The highest BCUT2D eigenvalue weighted by Crippen LogP contribution is 2.37. The van der Waals surface area contributed by atoms with Crippen molar-refractivity contribution in [2.75, 3.05) is 38.2 Å². The van der Waals surface area contributed by atoms with Gasteiger partial charge < -0.3 is 25.2 Å². The zero-order valence-corrected chi connectivity index (χ0v) is 26.6. The van der Waals surface area contributed by atoms with E-state index in [9.17, 15) is 9.59 Å². The number of aryl methyl sites for hydroxylation is 1. The van der Waals surface area contributed by atoms with Crippen molar-refractivity contribution in [3.05, 3.63) is 83.2 Å². The lowest BCUT2D eigenvalue weighted by Crippen LogP contribution is -2.48. The lowest BCUT2D eigenvalue weighted by atomic mass is 9.98. The molecule has 45 heavy (non-hydrogen) atoms. The molecule has 3 aromatic rings. The molecule has 0 spiro atoms. The number of anilines is 2. The minimum Gasteiger partial charge on any atom is -0.381 e. The van der Waals surface area contributed by atoms with E-state index in [0.717, 1.165) is 82.0 Å². The molecule has 2 aromatic carbocycles. The lowest BCUT2D eigenvalue weighted by Gasteiger charge is -2.39. The quantitative estimate of drug-likeness (QED) is 0.339. The monoisotopic (exact) mass is 611 g/mol. The Morgan fingerprint density at radius 3 is 2.36 bits per heavy atom.